The largest absolute Gasteiger partial charge is 0.569 e. The van der Waals surface area contributed by atoms with E-state index in [-0.39, 0.29) is 0 Å². The van der Waals surface area contributed by atoms with Crippen molar-refractivity contribution in [1.29, 1.82) is 0 Å². The van der Waals surface area contributed by atoms with Crippen LogP contribution in [-0.4, -0.2) is 26.9 Å². The van der Waals surface area contributed by atoms with Gasteiger partial charge in [-0.3, -0.25) is 0 Å². The number of benzene rings is 1. The van der Waals surface area contributed by atoms with Crippen molar-refractivity contribution in [2.75, 3.05) is 14.2 Å². The minimum atomic E-state index is 0.391. The number of ether oxygens (including phenoxy) is 2. The first-order chi connectivity index (χ1) is 8.76. The highest BCUT2D eigenvalue weighted by molar-refractivity contribution is 6.17. The van der Waals surface area contributed by atoms with Crippen molar-refractivity contribution < 1.29 is 19.2 Å². The molecule has 1 radical (unpaired) electrons. The van der Waals surface area contributed by atoms with Gasteiger partial charge in [-0.15, -0.1) is 0 Å². The van der Waals surface area contributed by atoms with E-state index in [1.54, 1.807) is 14.2 Å². The van der Waals surface area contributed by atoms with Crippen LogP contribution in [0.5, 0.6) is 17.2 Å². The molecule has 4 nitrogen and oxygen atoms in total. The first-order valence-electron chi connectivity index (χ1n) is 6.14. The summed E-state index contributed by atoms with van der Waals surface area (Å²) in [4.78, 5) is 0. The normalized spacial score (nSPS) is 10.0. The topological polar surface area (TPSA) is 47.9 Å². The minimum Gasteiger partial charge on any atom is -0.532 e. The Balaban J connectivity index is 2.94. The average molecular weight is 251 g/mol. The Hall–Kier alpha value is -1.36. The van der Waals surface area contributed by atoms with Crippen LogP contribution >= 0.6 is 0 Å². The highest BCUT2D eigenvalue weighted by atomic mass is 16.5. The molecule has 0 spiro atoms. The summed E-state index contributed by atoms with van der Waals surface area (Å²) >= 11 is 0. The van der Waals surface area contributed by atoms with Gasteiger partial charge in [0.1, 0.15) is 0 Å². The fraction of sp³-hybridized carbons (Fsp3) is 0.538. The molecule has 0 fully saturated rings. The summed E-state index contributed by atoms with van der Waals surface area (Å²) in [5.41, 5.74) is 1.14. The molecule has 0 aliphatic carbocycles. The van der Waals surface area contributed by atoms with E-state index < -0.39 is 0 Å². The van der Waals surface area contributed by atoms with Gasteiger partial charge in [0.05, 0.1) is 14.2 Å². The molecule has 0 heterocycles. The molecule has 1 rings (SSSR count). The maximum absolute atomic E-state index is 8.74. The van der Waals surface area contributed by atoms with Crippen molar-refractivity contribution in [3.8, 4) is 17.2 Å². The second kappa shape index (κ2) is 7.87. The average Bonchev–Trinajstić information content (AvgIpc) is 2.40. The number of hydrogen-bond donors (Lipinski definition) is 1. The lowest BCUT2D eigenvalue weighted by Crippen LogP contribution is -2.04. The molecule has 5 heteroatoms. The molecular formula is C13H20BO4. The van der Waals surface area contributed by atoms with Crippen LogP contribution in [0.1, 0.15) is 31.7 Å². The standard InChI is InChI=1S/C13H20BO4/c1-4-5-6-7-10-8-11(16-2)13(18-14-15)12(9-10)17-3/h8-9,15H,4-7H2,1-3H3. The van der Waals surface area contributed by atoms with E-state index >= 15 is 0 Å². The Morgan fingerprint density at radius 3 is 2.17 bits per heavy atom. The van der Waals surface area contributed by atoms with E-state index in [1.165, 1.54) is 12.8 Å². The molecule has 18 heavy (non-hydrogen) atoms. The van der Waals surface area contributed by atoms with Gasteiger partial charge in [-0.1, -0.05) is 19.8 Å². The van der Waals surface area contributed by atoms with Crippen LogP contribution in [0, 0.1) is 0 Å². The van der Waals surface area contributed by atoms with Gasteiger partial charge in [0, 0.05) is 0 Å². The Bertz CT molecular complexity index is 343. The molecule has 99 valence electrons. The minimum absolute atomic E-state index is 0.391. The van der Waals surface area contributed by atoms with Crippen molar-refractivity contribution in [3.05, 3.63) is 17.7 Å². The van der Waals surface area contributed by atoms with Crippen LogP contribution in [0.4, 0.5) is 0 Å². The molecule has 1 N–H and O–H groups in total. The third-order valence-corrected chi connectivity index (χ3v) is 2.76. The molecule has 1 aromatic rings. The molecular weight excluding hydrogens is 231 g/mol. The maximum Gasteiger partial charge on any atom is 0.569 e. The molecule has 1 aromatic carbocycles. The summed E-state index contributed by atoms with van der Waals surface area (Å²) in [6.45, 7) is 2.18. The number of methoxy groups -OCH3 is 2. The molecule has 0 bridgehead atoms. The van der Waals surface area contributed by atoms with Gasteiger partial charge in [-0.2, -0.15) is 0 Å². The Labute approximate surface area is 109 Å². The van der Waals surface area contributed by atoms with E-state index in [0.717, 1.165) is 18.4 Å². The first kappa shape index (κ1) is 14.7. The second-order valence-electron chi connectivity index (χ2n) is 4.01. The van der Waals surface area contributed by atoms with Crippen LogP contribution in [0.25, 0.3) is 0 Å². The summed E-state index contributed by atoms with van der Waals surface area (Å²) in [6, 6.07) is 3.83. The predicted octanol–water partition coefficient (Wildman–Crippen LogP) is 2.34. The lowest BCUT2D eigenvalue weighted by Gasteiger charge is -2.14. The molecule has 0 aliphatic heterocycles. The third-order valence-electron chi connectivity index (χ3n) is 2.76. The van der Waals surface area contributed by atoms with Gasteiger partial charge in [0.2, 0.25) is 0 Å². The smallest absolute Gasteiger partial charge is 0.532 e. The van der Waals surface area contributed by atoms with Crippen LogP contribution in [0.2, 0.25) is 0 Å². The van der Waals surface area contributed by atoms with Crippen molar-refractivity contribution in [3.63, 3.8) is 0 Å². The zero-order valence-corrected chi connectivity index (χ0v) is 11.2. The van der Waals surface area contributed by atoms with Crippen molar-refractivity contribution >= 4 is 7.69 Å². The summed E-state index contributed by atoms with van der Waals surface area (Å²) in [5, 5.41) is 8.74. The number of rotatable bonds is 8. The van der Waals surface area contributed by atoms with E-state index in [2.05, 4.69) is 6.92 Å². The van der Waals surface area contributed by atoms with Gasteiger partial charge >= 0.3 is 7.69 Å². The summed E-state index contributed by atoms with van der Waals surface area (Å²) in [7, 11) is 3.75. The van der Waals surface area contributed by atoms with Crippen molar-refractivity contribution in [2.24, 2.45) is 0 Å². The lowest BCUT2D eigenvalue weighted by atomic mass is 10.1. The van der Waals surface area contributed by atoms with Crippen LogP contribution in [0.15, 0.2) is 12.1 Å². The summed E-state index contributed by atoms with van der Waals surface area (Å²) in [5.74, 6) is 1.51. The predicted molar refractivity (Wildman–Crippen MR) is 71.4 cm³/mol. The number of hydrogen-bond acceptors (Lipinski definition) is 4. The first-order valence-corrected chi connectivity index (χ1v) is 6.14. The van der Waals surface area contributed by atoms with Crippen LogP contribution in [-0.2, 0) is 6.42 Å². The van der Waals surface area contributed by atoms with Gasteiger partial charge in [0.25, 0.3) is 0 Å². The fourth-order valence-corrected chi connectivity index (χ4v) is 1.83. The Morgan fingerprint density at radius 2 is 1.72 bits per heavy atom. The van der Waals surface area contributed by atoms with Crippen molar-refractivity contribution in [1.82, 2.24) is 0 Å². The van der Waals surface area contributed by atoms with Crippen molar-refractivity contribution in [2.45, 2.75) is 32.6 Å². The highest BCUT2D eigenvalue weighted by Gasteiger charge is 2.14. The fourth-order valence-electron chi connectivity index (χ4n) is 1.83. The van der Waals surface area contributed by atoms with E-state index in [4.69, 9.17) is 19.2 Å². The Morgan fingerprint density at radius 1 is 1.11 bits per heavy atom. The van der Waals surface area contributed by atoms with E-state index in [1.807, 2.05) is 12.1 Å². The zero-order chi connectivity index (χ0) is 13.4. The zero-order valence-electron chi connectivity index (χ0n) is 11.2. The quantitative estimate of drug-likeness (QED) is 0.569. The molecule has 0 atom stereocenters. The summed E-state index contributed by atoms with van der Waals surface area (Å²) < 4.78 is 15.5. The van der Waals surface area contributed by atoms with Gasteiger partial charge in [-0.05, 0) is 30.5 Å². The number of unbranched alkanes of at least 4 members (excludes halogenated alkanes) is 2. The SMILES string of the molecule is CCCCCc1cc(OC)c(O[B]O)c(OC)c1. The Kier molecular flexibility index (Phi) is 6.43. The molecule has 0 amide bonds. The molecule has 0 saturated carbocycles. The van der Waals surface area contributed by atoms with Gasteiger partial charge in [-0.25, -0.2) is 0 Å². The van der Waals surface area contributed by atoms with Gasteiger partial charge in [0.15, 0.2) is 17.2 Å². The highest BCUT2D eigenvalue weighted by Crippen LogP contribution is 2.38. The maximum atomic E-state index is 8.74. The molecule has 0 unspecified atom stereocenters. The molecule has 0 saturated heterocycles. The third kappa shape index (κ3) is 3.84. The summed E-state index contributed by atoms with van der Waals surface area (Å²) in [6.07, 6.45) is 4.50. The molecule has 0 aromatic heterocycles. The molecule has 0 aliphatic rings. The number of aryl methyl sites for hydroxylation is 1. The monoisotopic (exact) mass is 251 g/mol. The van der Waals surface area contributed by atoms with Gasteiger partial charge < -0.3 is 19.2 Å². The lowest BCUT2D eigenvalue weighted by molar-refractivity contribution is 0.350. The van der Waals surface area contributed by atoms with E-state index in [0.29, 0.717) is 24.9 Å². The van der Waals surface area contributed by atoms with Crippen LogP contribution < -0.4 is 14.1 Å². The van der Waals surface area contributed by atoms with E-state index in [9.17, 15) is 0 Å². The van der Waals surface area contributed by atoms with Crippen LogP contribution in [0.3, 0.4) is 0 Å². The second-order valence-corrected chi connectivity index (χ2v) is 4.01.